The lowest BCUT2D eigenvalue weighted by Gasteiger charge is -2.26. The summed E-state index contributed by atoms with van der Waals surface area (Å²) in [6.45, 7) is 4.18. The summed E-state index contributed by atoms with van der Waals surface area (Å²) in [5.74, 6) is 0.450. The number of aromatic amines is 1. The number of H-pyrrole nitrogens is 1. The lowest BCUT2D eigenvalue weighted by molar-refractivity contribution is 0.0720. The second kappa shape index (κ2) is 7.03. The van der Waals surface area contributed by atoms with E-state index in [0.29, 0.717) is 26.3 Å². The normalized spacial score (nSPS) is 17.1. The Morgan fingerprint density at radius 2 is 2.04 bits per heavy atom. The Hall–Kier alpha value is -1.37. The number of aromatic nitrogens is 1. The third kappa shape index (κ3) is 3.94. The number of benzene rings is 1. The van der Waals surface area contributed by atoms with Crippen molar-refractivity contribution in [1.82, 2.24) is 9.29 Å². The molecule has 0 aliphatic carbocycles. The Morgan fingerprint density at radius 3 is 2.78 bits per heavy atom. The minimum absolute atomic E-state index is 0.218. The number of rotatable bonds is 6. The monoisotopic (exact) mass is 336 g/mol. The standard InChI is InChI=1S/C17H24N2O3S/c1-2-19(23(20,21)13-14-6-9-22-10-7-14)12-15-3-4-17-16(11-15)5-8-18-17/h3-5,8,11,14,18H,2,6-7,9-10,12-13H2,1H3. The van der Waals surface area contributed by atoms with Crippen molar-refractivity contribution in [3.05, 3.63) is 36.0 Å². The summed E-state index contributed by atoms with van der Waals surface area (Å²) in [7, 11) is -3.24. The first-order chi connectivity index (χ1) is 11.1. The Bertz CT molecular complexity index is 748. The van der Waals surface area contributed by atoms with E-state index in [4.69, 9.17) is 4.74 Å². The fourth-order valence-corrected chi connectivity index (χ4v) is 5.01. The number of hydrogen-bond acceptors (Lipinski definition) is 3. The first-order valence-corrected chi connectivity index (χ1v) is 9.81. The van der Waals surface area contributed by atoms with Crippen LogP contribution in [-0.4, -0.2) is 43.2 Å². The van der Waals surface area contributed by atoms with Gasteiger partial charge in [-0.25, -0.2) is 8.42 Å². The van der Waals surface area contributed by atoms with Crippen LogP contribution in [0.15, 0.2) is 30.5 Å². The average Bonchev–Trinajstić information content (AvgIpc) is 3.00. The van der Waals surface area contributed by atoms with Crippen molar-refractivity contribution in [2.75, 3.05) is 25.5 Å². The van der Waals surface area contributed by atoms with Gasteiger partial charge in [0.25, 0.3) is 0 Å². The maximum absolute atomic E-state index is 12.7. The third-order valence-corrected chi connectivity index (χ3v) is 6.58. The highest BCUT2D eigenvalue weighted by atomic mass is 32.2. The zero-order valence-electron chi connectivity index (χ0n) is 13.5. The van der Waals surface area contributed by atoms with Crippen LogP contribution in [0.5, 0.6) is 0 Å². The van der Waals surface area contributed by atoms with E-state index in [1.807, 2.05) is 31.3 Å². The second-order valence-corrected chi connectivity index (χ2v) is 8.17. The highest BCUT2D eigenvalue weighted by molar-refractivity contribution is 7.89. The molecule has 0 amide bonds. The first-order valence-electron chi connectivity index (χ1n) is 8.20. The first kappa shape index (κ1) is 16.5. The van der Waals surface area contributed by atoms with Gasteiger partial charge < -0.3 is 9.72 Å². The minimum Gasteiger partial charge on any atom is -0.381 e. The fourth-order valence-electron chi connectivity index (χ4n) is 3.13. The van der Waals surface area contributed by atoms with Crippen LogP contribution in [0.2, 0.25) is 0 Å². The quantitative estimate of drug-likeness (QED) is 0.882. The maximum atomic E-state index is 12.7. The molecule has 1 aromatic heterocycles. The number of ether oxygens (including phenoxy) is 1. The van der Waals surface area contributed by atoms with Gasteiger partial charge in [0, 0.05) is 38.0 Å². The van der Waals surface area contributed by atoms with Gasteiger partial charge in [-0.1, -0.05) is 13.0 Å². The van der Waals surface area contributed by atoms with E-state index in [0.717, 1.165) is 29.3 Å². The van der Waals surface area contributed by atoms with Crippen LogP contribution in [0.3, 0.4) is 0 Å². The van der Waals surface area contributed by atoms with E-state index >= 15 is 0 Å². The molecule has 1 N–H and O–H groups in total. The van der Waals surface area contributed by atoms with E-state index < -0.39 is 10.0 Å². The molecule has 1 fully saturated rings. The van der Waals surface area contributed by atoms with E-state index in [1.165, 1.54) is 0 Å². The molecule has 1 aliphatic rings. The van der Waals surface area contributed by atoms with Crippen LogP contribution >= 0.6 is 0 Å². The number of nitrogens with zero attached hydrogens (tertiary/aromatic N) is 1. The molecule has 6 heteroatoms. The van der Waals surface area contributed by atoms with Crippen molar-refractivity contribution in [2.24, 2.45) is 5.92 Å². The summed E-state index contributed by atoms with van der Waals surface area (Å²) in [5, 5.41) is 1.11. The molecule has 2 aromatic rings. The minimum atomic E-state index is -3.24. The second-order valence-electron chi connectivity index (χ2n) is 6.16. The molecule has 1 aromatic carbocycles. The molecule has 0 bridgehead atoms. The SMILES string of the molecule is CCN(Cc1ccc2[nH]ccc2c1)S(=O)(=O)CC1CCOCC1. The molecule has 1 saturated heterocycles. The van der Waals surface area contributed by atoms with Crippen LogP contribution < -0.4 is 0 Å². The molecule has 126 valence electrons. The third-order valence-electron chi connectivity index (χ3n) is 4.51. The molecule has 0 unspecified atom stereocenters. The van der Waals surface area contributed by atoms with Gasteiger partial charge in [0.15, 0.2) is 0 Å². The number of sulfonamides is 1. The van der Waals surface area contributed by atoms with Crippen LogP contribution in [0, 0.1) is 5.92 Å². The topological polar surface area (TPSA) is 62.4 Å². The zero-order valence-corrected chi connectivity index (χ0v) is 14.3. The Morgan fingerprint density at radius 1 is 1.26 bits per heavy atom. The highest BCUT2D eigenvalue weighted by Crippen LogP contribution is 2.21. The van der Waals surface area contributed by atoms with Crippen molar-refractivity contribution in [3.63, 3.8) is 0 Å². The largest absolute Gasteiger partial charge is 0.381 e. The smallest absolute Gasteiger partial charge is 0.214 e. The lowest BCUT2D eigenvalue weighted by Crippen LogP contribution is -2.36. The van der Waals surface area contributed by atoms with Crippen molar-refractivity contribution in [3.8, 4) is 0 Å². The summed E-state index contributed by atoms with van der Waals surface area (Å²) < 4.78 is 32.4. The van der Waals surface area contributed by atoms with E-state index in [2.05, 4.69) is 11.1 Å². The predicted molar refractivity (Wildman–Crippen MR) is 91.7 cm³/mol. The Labute approximate surface area is 137 Å². The van der Waals surface area contributed by atoms with E-state index in [-0.39, 0.29) is 11.7 Å². The van der Waals surface area contributed by atoms with Crippen LogP contribution in [0.1, 0.15) is 25.3 Å². The highest BCUT2D eigenvalue weighted by Gasteiger charge is 2.26. The summed E-state index contributed by atoms with van der Waals surface area (Å²) in [6.07, 6.45) is 3.58. The van der Waals surface area contributed by atoms with Crippen LogP contribution in [-0.2, 0) is 21.3 Å². The average molecular weight is 336 g/mol. The van der Waals surface area contributed by atoms with Gasteiger partial charge in [-0.3, -0.25) is 0 Å². The van der Waals surface area contributed by atoms with E-state index in [1.54, 1.807) is 4.31 Å². The Kier molecular flexibility index (Phi) is 5.04. The molecule has 0 radical (unpaired) electrons. The van der Waals surface area contributed by atoms with Crippen molar-refractivity contribution in [1.29, 1.82) is 0 Å². The van der Waals surface area contributed by atoms with Crippen molar-refractivity contribution in [2.45, 2.75) is 26.3 Å². The predicted octanol–water partition coefficient (Wildman–Crippen LogP) is 2.75. The summed E-state index contributed by atoms with van der Waals surface area (Å²) in [5.41, 5.74) is 2.09. The molecular weight excluding hydrogens is 312 g/mol. The van der Waals surface area contributed by atoms with Gasteiger partial charge in [-0.2, -0.15) is 4.31 Å². The molecule has 0 spiro atoms. The number of hydrogen-bond donors (Lipinski definition) is 1. The van der Waals surface area contributed by atoms with Gasteiger partial charge in [-0.05, 0) is 47.9 Å². The Balaban J connectivity index is 1.72. The molecule has 1 aliphatic heterocycles. The summed E-state index contributed by atoms with van der Waals surface area (Å²) in [4.78, 5) is 3.15. The molecule has 2 heterocycles. The molecule has 5 nitrogen and oxygen atoms in total. The van der Waals surface area contributed by atoms with Crippen molar-refractivity contribution >= 4 is 20.9 Å². The number of nitrogens with one attached hydrogen (secondary N) is 1. The van der Waals surface area contributed by atoms with Gasteiger partial charge in [0.05, 0.1) is 5.75 Å². The zero-order chi connectivity index (χ0) is 16.3. The summed E-state index contributed by atoms with van der Waals surface area (Å²) >= 11 is 0. The van der Waals surface area contributed by atoms with Gasteiger partial charge >= 0.3 is 0 Å². The van der Waals surface area contributed by atoms with Crippen LogP contribution in [0.25, 0.3) is 10.9 Å². The summed E-state index contributed by atoms with van der Waals surface area (Å²) in [6, 6.07) is 8.05. The maximum Gasteiger partial charge on any atom is 0.214 e. The molecule has 0 saturated carbocycles. The molecule has 23 heavy (non-hydrogen) atoms. The molecular formula is C17H24N2O3S. The fraction of sp³-hybridized carbons (Fsp3) is 0.529. The van der Waals surface area contributed by atoms with Crippen molar-refractivity contribution < 1.29 is 13.2 Å². The number of fused-ring (bicyclic) bond motifs is 1. The molecule has 0 atom stereocenters. The van der Waals surface area contributed by atoms with Crippen LogP contribution in [0.4, 0.5) is 0 Å². The van der Waals surface area contributed by atoms with Gasteiger partial charge in [0.1, 0.15) is 0 Å². The lowest BCUT2D eigenvalue weighted by atomic mass is 10.0. The van der Waals surface area contributed by atoms with Gasteiger partial charge in [-0.15, -0.1) is 0 Å². The van der Waals surface area contributed by atoms with E-state index in [9.17, 15) is 8.42 Å². The van der Waals surface area contributed by atoms with Gasteiger partial charge in [0.2, 0.25) is 10.0 Å². The molecule has 3 rings (SSSR count).